The van der Waals surface area contributed by atoms with Crippen molar-refractivity contribution in [2.24, 2.45) is 0 Å². The molecule has 0 unspecified atom stereocenters. The van der Waals surface area contributed by atoms with E-state index in [1.807, 2.05) is 6.07 Å². The van der Waals surface area contributed by atoms with Gasteiger partial charge in [0.2, 0.25) is 0 Å². The van der Waals surface area contributed by atoms with Crippen molar-refractivity contribution in [3.8, 4) is 17.2 Å². The van der Waals surface area contributed by atoms with Crippen LogP contribution in [0.15, 0.2) is 12.1 Å². The second-order valence-corrected chi connectivity index (χ2v) is 4.26. The summed E-state index contributed by atoms with van der Waals surface area (Å²) in [4.78, 5) is 0. The van der Waals surface area contributed by atoms with Gasteiger partial charge in [-0.1, -0.05) is 6.42 Å². The number of phenols is 1. The molecule has 1 aliphatic heterocycles. The predicted octanol–water partition coefficient (Wildman–Crippen LogP) is 2.65. The Balaban J connectivity index is 0.00000162. The summed E-state index contributed by atoms with van der Waals surface area (Å²) >= 11 is 0. The molecular formula is C13H20ClNO3. The number of ether oxygens (including phenoxy) is 2. The number of rotatable bonds is 3. The second-order valence-electron chi connectivity index (χ2n) is 4.26. The quantitative estimate of drug-likeness (QED) is 0.889. The maximum atomic E-state index is 10.1. The van der Waals surface area contributed by atoms with Gasteiger partial charge in [-0.2, -0.15) is 0 Å². The summed E-state index contributed by atoms with van der Waals surface area (Å²) in [6.45, 7) is 0.985. The third-order valence-electron chi connectivity index (χ3n) is 3.21. The lowest BCUT2D eigenvalue weighted by Crippen LogP contribution is -2.27. The normalized spacial score (nSPS) is 18.9. The van der Waals surface area contributed by atoms with Crippen LogP contribution in [0.2, 0.25) is 0 Å². The summed E-state index contributed by atoms with van der Waals surface area (Å²) in [5, 5.41) is 13.5. The van der Waals surface area contributed by atoms with E-state index in [2.05, 4.69) is 5.32 Å². The fraction of sp³-hybridized carbons (Fsp3) is 0.538. The zero-order valence-corrected chi connectivity index (χ0v) is 11.5. The fourth-order valence-corrected chi connectivity index (χ4v) is 2.32. The van der Waals surface area contributed by atoms with Gasteiger partial charge < -0.3 is 19.9 Å². The molecular weight excluding hydrogens is 254 g/mol. The maximum absolute atomic E-state index is 10.1. The van der Waals surface area contributed by atoms with Gasteiger partial charge in [-0.15, -0.1) is 12.4 Å². The van der Waals surface area contributed by atoms with Gasteiger partial charge in [0.1, 0.15) is 17.2 Å². The van der Waals surface area contributed by atoms with E-state index in [9.17, 15) is 5.11 Å². The Morgan fingerprint density at radius 1 is 1.22 bits per heavy atom. The first-order valence-electron chi connectivity index (χ1n) is 5.94. The molecule has 18 heavy (non-hydrogen) atoms. The molecule has 102 valence electrons. The van der Waals surface area contributed by atoms with Crippen LogP contribution in [0.25, 0.3) is 0 Å². The number of nitrogens with one attached hydrogen (secondary N) is 1. The van der Waals surface area contributed by atoms with Crippen molar-refractivity contribution in [1.82, 2.24) is 5.32 Å². The lowest BCUT2D eigenvalue weighted by atomic mass is 9.96. The van der Waals surface area contributed by atoms with Crippen molar-refractivity contribution >= 4 is 12.4 Å². The smallest absolute Gasteiger partial charge is 0.131 e. The van der Waals surface area contributed by atoms with Gasteiger partial charge in [-0.05, 0) is 19.4 Å². The highest BCUT2D eigenvalue weighted by Crippen LogP contribution is 2.40. The number of piperidine rings is 1. The van der Waals surface area contributed by atoms with Gasteiger partial charge in [0.15, 0.2) is 0 Å². The topological polar surface area (TPSA) is 50.7 Å². The summed E-state index contributed by atoms with van der Waals surface area (Å²) in [7, 11) is 3.19. The summed E-state index contributed by atoms with van der Waals surface area (Å²) in [5.74, 6) is 1.53. The molecule has 1 saturated heterocycles. The zero-order valence-electron chi connectivity index (χ0n) is 10.7. The average Bonchev–Trinajstić information content (AvgIpc) is 2.38. The van der Waals surface area contributed by atoms with Crippen LogP contribution in [-0.4, -0.2) is 25.9 Å². The third-order valence-corrected chi connectivity index (χ3v) is 3.21. The number of halogens is 1. The predicted molar refractivity (Wildman–Crippen MR) is 73.1 cm³/mol. The van der Waals surface area contributed by atoms with Crippen LogP contribution in [0.3, 0.4) is 0 Å². The number of methoxy groups -OCH3 is 2. The van der Waals surface area contributed by atoms with Crippen molar-refractivity contribution in [3.05, 3.63) is 17.7 Å². The molecule has 0 radical (unpaired) electrons. The first kappa shape index (κ1) is 14.9. The molecule has 0 saturated carbocycles. The largest absolute Gasteiger partial charge is 0.507 e. The molecule has 0 aromatic heterocycles. The summed E-state index contributed by atoms with van der Waals surface area (Å²) in [6, 6.07) is 3.61. The van der Waals surface area contributed by atoms with Crippen LogP contribution in [0.1, 0.15) is 30.9 Å². The molecule has 1 aliphatic rings. The van der Waals surface area contributed by atoms with E-state index in [1.54, 1.807) is 20.3 Å². The molecule has 1 fully saturated rings. The van der Waals surface area contributed by atoms with E-state index in [-0.39, 0.29) is 24.2 Å². The van der Waals surface area contributed by atoms with E-state index in [0.29, 0.717) is 11.5 Å². The number of hydrogen-bond acceptors (Lipinski definition) is 4. The van der Waals surface area contributed by atoms with E-state index in [0.717, 1.165) is 18.5 Å². The van der Waals surface area contributed by atoms with E-state index in [1.165, 1.54) is 12.8 Å². The van der Waals surface area contributed by atoms with Crippen molar-refractivity contribution in [1.29, 1.82) is 0 Å². The van der Waals surface area contributed by atoms with Crippen LogP contribution in [-0.2, 0) is 0 Å². The Bertz CT molecular complexity index is 392. The highest BCUT2D eigenvalue weighted by Gasteiger charge is 2.22. The molecule has 1 heterocycles. The second kappa shape index (κ2) is 6.71. The van der Waals surface area contributed by atoms with Gasteiger partial charge in [-0.3, -0.25) is 0 Å². The summed E-state index contributed by atoms with van der Waals surface area (Å²) < 4.78 is 10.5. The van der Waals surface area contributed by atoms with E-state index >= 15 is 0 Å². The molecule has 0 aliphatic carbocycles. The maximum Gasteiger partial charge on any atom is 0.131 e. The van der Waals surface area contributed by atoms with Crippen molar-refractivity contribution < 1.29 is 14.6 Å². The minimum absolute atomic E-state index is 0. The molecule has 0 amide bonds. The van der Waals surface area contributed by atoms with Gasteiger partial charge in [0, 0.05) is 18.2 Å². The molecule has 4 nitrogen and oxygen atoms in total. The number of phenolic OH excluding ortho intramolecular Hbond substituents is 1. The fourth-order valence-electron chi connectivity index (χ4n) is 2.32. The standard InChI is InChI=1S/C13H19NO3.ClH/c1-16-9-7-11(15)13(12(8-9)17-2)10-5-3-4-6-14-10;/h7-8,10,14-15H,3-6H2,1-2H3;1H/t10-;/m0./s1. The molecule has 0 spiro atoms. The monoisotopic (exact) mass is 273 g/mol. The lowest BCUT2D eigenvalue weighted by molar-refractivity contribution is 0.349. The van der Waals surface area contributed by atoms with Crippen molar-refractivity contribution in [2.75, 3.05) is 20.8 Å². The Kier molecular flexibility index (Phi) is 5.56. The number of benzene rings is 1. The Morgan fingerprint density at radius 2 is 2.00 bits per heavy atom. The molecule has 1 aromatic rings. The molecule has 2 rings (SSSR count). The Labute approximate surface area is 114 Å². The highest BCUT2D eigenvalue weighted by molar-refractivity contribution is 5.85. The van der Waals surface area contributed by atoms with Crippen LogP contribution in [0.5, 0.6) is 17.2 Å². The van der Waals surface area contributed by atoms with Crippen molar-refractivity contribution in [3.63, 3.8) is 0 Å². The molecule has 2 N–H and O–H groups in total. The minimum Gasteiger partial charge on any atom is -0.507 e. The van der Waals surface area contributed by atoms with Gasteiger partial charge in [0.05, 0.1) is 19.8 Å². The average molecular weight is 274 g/mol. The molecule has 0 bridgehead atoms. The Morgan fingerprint density at radius 3 is 2.56 bits per heavy atom. The number of aromatic hydroxyl groups is 1. The van der Waals surface area contributed by atoms with Crippen LogP contribution in [0.4, 0.5) is 0 Å². The molecule has 1 aromatic carbocycles. The molecule has 5 heteroatoms. The van der Waals surface area contributed by atoms with Crippen molar-refractivity contribution in [2.45, 2.75) is 25.3 Å². The molecule has 1 atom stereocenters. The van der Waals surface area contributed by atoms with Crippen LogP contribution in [0, 0.1) is 0 Å². The lowest BCUT2D eigenvalue weighted by Gasteiger charge is -2.26. The zero-order chi connectivity index (χ0) is 12.3. The van der Waals surface area contributed by atoms with Gasteiger partial charge in [0.25, 0.3) is 0 Å². The summed E-state index contributed by atoms with van der Waals surface area (Å²) in [6.07, 6.45) is 3.39. The van der Waals surface area contributed by atoms with E-state index in [4.69, 9.17) is 9.47 Å². The van der Waals surface area contributed by atoms with Crippen LogP contribution >= 0.6 is 12.4 Å². The first-order valence-corrected chi connectivity index (χ1v) is 5.94. The Hall–Kier alpha value is -1.13. The van der Waals surface area contributed by atoms with E-state index < -0.39 is 0 Å². The van der Waals surface area contributed by atoms with Crippen LogP contribution < -0.4 is 14.8 Å². The number of hydrogen-bond donors (Lipinski definition) is 2. The SMILES string of the molecule is COc1cc(O)c([C@@H]2CCCCN2)c(OC)c1.Cl. The van der Waals surface area contributed by atoms with Gasteiger partial charge >= 0.3 is 0 Å². The minimum atomic E-state index is 0. The first-order chi connectivity index (χ1) is 8.26. The van der Waals surface area contributed by atoms with Gasteiger partial charge in [-0.25, -0.2) is 0 Å². The third kappa shape index (κ3) is 3.00. The summed E-state index contributed by atoms with van der Waals surface area (Å²) in [5.41, 5.74) is 0.841. The highest BCUT2D eigenvalue weighted by atomic mass is 35.5.